The highest BCUT2D eigenvalue weighted by Gasteiger charge is 2.30. The van der Waals surface area contributed by atoms with Crippen LogP contribution >= 0.6 is 11.3 Å². The highest BCUT2D eigenvalue weighted by atomic mass is 32.1. The first kappa shape index (κ1) is 17.6. The third kappa shape index (κ3) is 3.89. The first-order chi connectivity index (χ1) is 11.5. The van der Waals surface area contributed by atoms with Gasteiger partial charge < -0.3 is 9.72 Å². The highest BCUT2D eigenvalue weighted by Crippen LogP contribution is 2.36. The van der Waals surface area contributed by atoms with Gasteiger partial charge in [0.25, 0.3) is 5.56 Å². The molecule has 0 aliphatic carbocycles. The van der Waals surface area contributed by atoms with Gasteiger partial charge in [-0.15, -0.1) is 11.3 Å². The number of aromatic nitrogens is 2. The van der Waals surface area contributed by atoms with Gasteiger partial charge in [0.15, 0.2) is 0 Å². The Morgan fingerprint density at radius 1 is 1.21 bits per heavy atom. The van der Waals surface area contributed by atoms with Crippen molar-refractivity contribution >= 4 is 21.6 Å². The predicted molar refractivity (Wildman–Crippen MR) is 99.9 cm³/mol. The summed E-state index contributed by atoms with van der Waals surface area (Å²) in [5.41, 5.74) is 0.965. The number of fused-ring (bicyclic) bond motifs is 3. The molecule has 0 amide bonds. The number of thiophene rings is 1. The Morgan fingerprint density at radius 3 is 2.75 bits per heavy atom. The molecule has 0 unspecified atom stereocenters. The molecule has 1 aliphatic rings. The SMILES string of the molecule is CCCCCCCCc1nc2sc3c(c2c(=O)[nH]1)CC(C)(C)OC3. The standard InChI is InChI=1S/C19H28N2O2S/c1-4-5-6-7-8-9-10-15-20-17(22)16-13-11-19(2,3)23-12-14(13)24-18(16)21-15/h4-12H2,1-3H3,(H,20,21,22). The largest absolute Gasteiger partial charge is 0.370 e. The van der Waals surface area contributed by atoms with E-state index in [1.165, 1.54) is 37.0 Å². The summed E-state index contributed by atoms with van der Waals surface area (Å²) in [6.07, 6.45) is 9.14. The number of hydrogen-bond donors (Lipinski definition) is 1. The number of rotatable bonds is 7. The second kappa shape index (κ2) is 7.36. The van der Waals surface area contributed by atoms with Crippen molar-refractivity contribution in [1.82, 2.24) is 9.97 Å². The van der Waals surface area contributed by atoms with Gasteiger partial charge in [-0.3, -0.25) is 4.79 Å². The number of hydrogen-bond acceptors (Lipinski definition) is 4. The molecular formula is C19H28N2O2S. The van der Waals surface area contributed by atoms with Crippen molar-refractivity contribution in [2.75, 3.05) is 0 Å². The molecule has 3 rings (SSSR count). The minimum absolute atomic E-state index is 0.0242. The van der Waals surface area contributed by atoms with E-state index in [2.05, 4.69) is 25.8 Å². The van der Waals surface area contributed by atoms with Gasteiger partial charge in [-0.2, -0.15) is 0 Å². The van der Waals surface area contributed by atoms with Crippen LogP contribution in [0.15, 0.2) is 4.79 Å². The summed E-state index contributed by atoms with van der Waals surface area (Å²) in [6.45, 7) is 6.98. The van der Waals surface area contributed by atoms with E-state index in [-0.39, 0.29) is 11.2 Å². The van der Waals surface area contributed by atoms with Crippen molar-refractivity contribution in [2.45, 2.75) is 84.3 Å². The van der Waals surface area contributed by atoms with Gasteiger partial charge in [0.2, 0.25) is 0 Å². The number of aryl methyl sites for hydroxylation is 1. The molecule has 24 heavy (non-hydrogen) atoms. The van der Waals surface area contributed by atoms with Crippen molar-refractivity contribution < 1.29 is 4.74 Å². The molecule has 0 atom stereocenters. The maximum Gasteiger partial charge on any atom is 0.259 e. The Bertz CT molecular complexity index is 761. The average molecular weight is 349 g/mol. The number of nitrogens with zero attached hydrogens (tertiary/aromatic N) is 1. The Balaban J connectivity index is 1.73. The molecular weight excluding hydrogens is 320 g/mol. The smallest absolute Gasteiger partial charge is 0.259 e. The van der Waals surface area contributed by atoms with Crippen LogP contribution in [-0.4, -0.2) is 15.6 Å². The zero-order valence-electron chi connectivity index (χ0n) is 15.0. The van der Waals surface area contributed by atoms with E-state index in [1.807, 2.05) is 0 Å². The Kier molecular flexibility index (Phi) is 5.40. The molecule has 0 spiro atoms. The van der Waals surface area contributed by atoms with Crippen LogP contribution in [0.4, 0.5) is 0 Å². The van der Waals surface area contributed by atoms with Crippen LogP contribution < -0.4 is 5.56 Å². The number of H-pyrrole nitrogens is 1. The molecule has 132 valence electrons. The lowest BCUT2D eigenvalue weighted by molar-refractivity contribution is -0.0379. The van der Waals surface area contributed by atoms with Gasteiger partial charge in [-0.1, -0.05) is 39.0 Å². The molecule has 1 aliphatic heterocycles. The number of unbranched alkanes of at least 4 members (excludes halogenated alkanes) is 5. The van der Waals surface area contributed by atoms with Crippen LogP contribution in [0.2, 0.25) is 0 Å². The van der Waals surface area contributed by atoms with E-state index in [1.54, 1.807) is 11.3 Å². The topological polar surface area (TPSA) is 55.0 Å². The van der Waals surface area contributed by atoms with Gasteiger partial charge in [0.05, 0.1) is 17.6 Å². The zero-order valence-corrected chi connectivity index (χ0v) is 15.9. The second-order valence-electron chi connectivity index (χ2n) is 7.44. The summed E-state index contributed by atoms with van der Waals surface area (Å²) in [5, 5.41) is 0.790. The van der Waals surface area contributed by atoms with Crippen molar-refractivity contribution in [3.63, 3.8) is 0 Å². The normalized spacial score (nSPS) is 16.5. The first-order valence-electron chi connectivity index (χ1n) is 9.17. The van der Waals surface area contributed by atoms with E-state index in [9.17, 15) is 4.79 Å². The summed E-state index contributed by atoms with van der Waals surface area (Å²) in [7, 11) is 0. The van der Waals surface area contributed by atoms with Crippen LogP contribution in [0.5, 0.6) is 0 Å². The second-order valence-corrected chi connectivity index (χ2v) is 8.52. The van der Waals surface area contributed by atoms with E-state index in [0.29, 0.717) is 6.61 Å². The highest BCUT2D eigenvalue weighted by molar-refractivity contribution is 7.18. The van der Waals surface area contributed by atoms with Gasteiger partial charge >= 0.3 is 0 Å². The quantitative estimate of drug-likeness (QED) is 0.735. The zero-order chi connectivity index (χ0) is 17.2. The van der Waals surface area contributed by atoms with Gasteiger partial charge in [0.1, 0.15) is 10.7 Å². The van der Waals surface area contributed by atoms with Gasteiger partial charge in [-0.25, -0.2) is 4.98 Å². The fourth-order valence-corrected chi connectivity index (χ4v) is 4.51. The molecule has 2 aromatic rings. The molecule has 0 saturated carbocycles. The molecule has 4 nitrogen and oxygen atoms in total. The van der Waals surface area contributed by atoms with Crippen LogP contribution in [0.25, 0.3) is 10.2 Å². The molecule has 2 aromatic heterocycles. The molecule has 0 bridgehead atoms. The maximum atomic E-state index is 12.6. The van der Waals surface area contributed by atoms with Crippen molar-refractivity contribution in [3.05, 3.63) is 26.6 Å². The van der Waals surface area contributed by atoms with Crippen molar-refractivity contribution in [1.29, 1.82) is 0 Å². The first-order valence-corrected chi connectivity index (χ1v) is 9.99. The average Bonchev–Trinajstić information content (AvgIpc) is 2.87. The summed E-state index contributed by atoms with van der Waals surface area (Å²) >= 11 is 1.62. The van der Waals surface area contributed by atoms with E-state index < -0.39 is 0 Å². The monoisotopic (exact) mass is 348 g/mol. The Morgan fingerprint density at radius 2 is 1.96 bits per heavy atom. The molecule has 0 aromatic carbocycles. The third-order valence-electron chi connectivity index (χ3n) is 4.76. The predicted octanol–water partition coefficient (Wildman–Crippen LogP) is 4.74. The minimum Gasteiger partial charge on any atom is -0.370 e. The van der Waals surface area contributed by atoms with Crippen LogP contribution in [0.1, 0.15) is 75.6 Å². The Hall–Kier alpha value is -1.20. The molecule has 0 saturated heterocycles. The van der Waals surface area contributed by atoms with Crippen LogP contribution in [-0.2, 0) is 24.2 Å². The summed E-state index contributed by atoms with van der Waals surface area (Å²) in [6, 6.07) is 0. The molecule has 3 heterocycles. The number of ether oxygens (including phenoxy) is 1. The third-order valence-corrected chi connectivity index (χ3v) is 5.86. The van der Waals surface area contributed by atoms with E-state index >= 15 is 0 Å². The number of nitrogens with one attached hydrogen (secondary N) is 1. The molecule has 0 fully saturated rings. The fourth-order valence-electron chi connectivity index (χ4n) is 3.39. The molecule has 5 heteroatoms. The molecule has 1 N–H and O–H groups in total. The summed E-state index contributed by atoms with van der Waals surface area (Å²) in [4.78, 5) is 22.4. The summed E-state index contributed by atoms with van der Waals surface area (Å²) in [5.74, 6) is 0.835. The Labute approximate surface area is 147 Å². The van der Waals surface area contributed by atoms with Crippen LogP contribution in [0.3, 0.4) is 0 Å². The van der Waals surface area contributed by atoms with Crippen LogP contribution in [0, 0.1) is 0 Å². The van der Waals surface area contributed by atoms with Gasteiger partial charge in [0, 0.05) is 17.7 Å². The van der Waals surface area contributed by atoms with Crippen molar-refractivity contribution in [2.24, 2.45) is 0 Å². The van der Waals surface area contributed by atoms with E-state index in [4.69, 9.17) is 9.72 Å². The number of aromatic amines is 1. The lowest BCUT2D eigenvalue weighted by Crippen LogP contribution is -2.31. The maximum absolute atomic E-state index is 12.6. The lowest BCUT2D eigenvalue weighted by Gasteiger charge is -2.29. The van der Waals surface area contributed by atoms with Crippen molar-refractivity contribution in [3.8, 4) is 0 Å². The fraction of sp³-hybridized carbons (Fsp3) is 0.684. The van der Waals surface area contributed by atoms with Gasteiger partial charge in [-0.05, 0) is 25.8 Å². The van der Waals surface area contributed by atoms with E-state index in [0.717, 1.165) is 40.9 Å². The molecule has 0 radical (unpaired) electrons. The lowest BCUT2D eigenvalue weighted by atomic mass is 9.94. The summed E-state index contributed by atoms with van der Waals surface area (Å²) < 4.78 is 5.87. The minimum atomic E-state index is -0.204.